The van der Waals surface area contributed by atoms with E-state index in [1.54, 1.807) is 19.1 Å². The maximum absolute atomic E-state index is 12.8. The number of nitrogens with zero attached hydrogens (tertiary/aromatic N) is 1. The van der Waals surface area contributed by atoms with Gasteiger partial charge in [0.15, 0.2) is 5.06 Å². The molecule has 0 bridgehead atoms. The van der Waals surface area contributed by atoms with E-state index in [9.17, 15) is 14.4 Å². The summed E-state index contributed by atoms with van der Waals surface area (Å²) in [5.74, 6) is 5.70. The zero-order chi connectivity index (χ0) is 16.1. The third kappa shape index (κ3) is 4.22. The number of rotatable bonds is 3. The predicted octanol–water partition coefficient (Wildman–Crippen LogP) is 3.19. The van der Waals surface area contributed by atoms with E-state index >= 15 is 0 Å². The van der Waals surface area contributed by atoms with E-state index in [2.05, 4.69) is 11.8 Å². The molecule has 1 aromatic heterocycles. The molecule has 0 saturated heterocycles. The molecule has 114 valence electrons. The predicted molar refractivity (Wildman–Crippen MR) is 80.3 cm³/mol. The number of urea groups is 1. The van der Waals surface area contributed by atoms with Crippen LogP contribution in [0.1, 0.15) is 11.8 Å². The van der Waals surface area contributed by atoms with Crippen molar-refractivity contribution in [1.29, 1.82) is 0 Å². The summed E-state index contributed by atoms with van der Waals surface area (Å²) in [5, 5.41) is 10.3. The molecule has 2 aromatic rings. The number of halogens is 1. The average molecular weight is 320 g/mol. The Morgan fingerprint density at radius 3 is 2.68 bits per heavy atom. The molecule has 3 N–H and O–H groups in total. The van der Waals surface area contributed by atoms with Gasteiger partial charge in [0.1, 0.15) is 17.6 Å². The Kier molecular flexibility index (Phi) is 4.99. The average Bonchev–Trinajstić information content (AvgIpc) is 2.94. The van der Waals surface area contributed by atoms with Gasteiger partial charge in [0, 0.05) is 0 Å². The lowest BCUT2D eigenvalue weighted by Gasteiger charge is -2.14. The molecule has 1 atom stereocenters. The molecule has 2 rings (SSSR count). The lowest BCUT2D eigenvalue weighted by molar-refractivity contribution is -0.0536. The third-order valence-corrected chi connectivity index (χ3v) is 3.49. The fourth-order valence-electron chi connectivity index (χ4n) is 1.49. The summed E-state index contributed by atoms with van der Waals surface area (Å²) < 4.78 is 18.4. The van der Waals surface area contributed by atoms with Gasteiger partial charge < -0.3 is 10.5 Å². The highest BCUT2D eigenvalue weighted by molar-refractivity contribution is 7.14. The molecule has 0 fully saturated rings. The molecule has 0 aliphatic rings. The van der Waals surface area contributed by atoms with Gasteiger partial charge in [0.2, 0.25) is 0 Å². The Bertz CT molecular complexity index is 718. The molecule has 7 heteroatoms. The van der Waals surface area contributed by atoms with Gasteiger partial charge in [0.05, 0.1) is 4.88 Å². The minimum Gasteiger partial charge on any atom is -0.447 e. The molecule has 0 saturated carbocycles. The Balaban J connectivity index is 2.03. The van der Waals surface area contributed by atoms with E-state index < -0.39 is 12.1 Å². The van der Waals surface area contributed by atoms with Crippen molar-refractivity contribution in [3.05, 3.63) is 47.1 Å². The fraction of sp³-hybridized carbons (Fsp3) is 0.133. The number of ether oxygens (including phenoxy) is 1. The number of hydrogen-bond donors (Lipinski definition) is 2. The summed E-state index contributed by atoms with van der Waals surface area (Å²) in [4.78, 5) is 11.5. The van der Waals surface area contributed by atoms with Crippen molar-refractivity contribution in [2.24, 2.45) is 5.73 Å². The highest BCUT2D eigenvalue weighted by Gasteiger charge is 2.11. The van der Waals surface area contributed by atoms with Gasteiger partial charge in [-0.2, -0.15) is 5.06 Å². The smallest absolute Gasteiger partial charge is 0.339 e. The first-order valence-electron chi connectivity index (χ1n) is 6.28. The summed E-state index contributed by atoms with van der Waals surface area (Å²) in [7, 11) is 0. The lowest BCUT2D eigenvalue weighted by atomic mass is 10.3. The van der Waals surface area contributed by atoms with Crippen molar-refractivity contribution in [1.82, 2.24) is 5.06 Å². The lowest BCUT2D eigenvalue weighted by Crippen LogP contribution is -2.38. The maximum atomic E-state index is 12.8. The highest BCUT2D eigenvalue weighted by atomic mass is 32.1. The highest BCUT2D eigenvalue weighted by Crippen LogP contribution is 2.29. The number of carbonyl (C=O) groups is 1. The first-order chi connectivity index (χ1) is 10.5. The van der Waals surface area contributed by atoms with E-state index in [1.165, 1.54) is 35.6 Å². The molecule has 0 aliphatic heterocycles. The van der Waals surface area contributed by atoms with Gasteiger partial charge in [-0.05, 0) is 43.3 Å². The minimum atomic E-state index is -0.965. The number of benzene rings is 1. The number of hydroxylamine groups is 2. The van der Waals surface area contributed by atoms with Crippen LogP contribution in [-0.4, -0.2) is 22.3 Å². The summed E-state index contributed by atoms with van der Waals surface area (Å²) in [6.07, 6.45) is 0. The summed E-state index contributed by atoms with van der Waals surface area (Å²) in [6.45, 7) is 1.54. The number of hydrogen-bond acceptors (Lipinski definition) is 4. The second kappa shape index (κ2) is 6.93. The zero-order valence-electron chi connectivity index (χ0n) is 11.6. The monoisotopic (exact) mass is 320 g/mol. The molecule has 2 amide bonds. The van der Waals surface area contributed by atoms with Crippen LogP contribution in [0.15, 0.2) is 36.4 Å². The van der Waals surface area contributed by atoms with Crippen LogP contribution in [0.5, 0.6) is 10.8 Å². The van der Waals surface area contributed by atoms with E-state index in [4.69, 9.17) is 10.5 Å². The normalized spacial score (nSPS) is 11.2. The van der Waals surface area contributed by atoms with E-state index in [0.717, 1.165) is 0 Å². The van der Waals surface area contributed by atoms with Crippen LogP contribution >= 0.6 is 11.3 Å². The summed E-state index contributed by atoms with van der Waals surface area (Å²) in [5.41, 5.74) is 4.93. The number of amides is 2. The SMILES string of the molecule is CC(C#Cc1ccc(Oc2ccc(F)cc2)s1)N(O)C(N)=O. The van der Waals surface area contributed by atoms with Crippen LogP contribution < -0.4 is 10.5 Å². The fourth-order valence-corrected chi connectivity index (χ4v) is 2.23. The Labute approximate surface area is 130 Å². The van der Waals surface area contributed by atoms with Crippen LogP contribution in [0, 0.1) is 17.7 Å². The molecule has 22 heavy (non-hydrogen) atoms. The third-order valence-electron chi connectivity index (χ3n) is 2.61. The van der Waals surface area contributed by atoms with Crippen molar-refractivity contribution in [3.63, 3.8) is 0 Å². The quantitative estimate of drug-likeness (QED) is 0.518. The van der Waals surface area contributed by atoms with Crippen molar-refractivity contribution in [2.75, 3.05) is 0 Å². The summed E-state index contributed by atoms with van der Waals surface area (Å²) >= 11 is 1.29. The number of primary amides is 1. The van der Waals surface area contributed by atoms with Gasteiger partial charge in [0.25, 0.3) is 0 Å². The van der Waals surface area contributed by atoms with Crippen LogP contribution in [0.2, 0.25) is 0 Å². The summed E-state index contributed by atoms with van der Waals surface area (Å²) in [6, 6.07) is 7.46. The van der Waals surface area contributed by atoms with Crippen molar-refractivity contribution >= 4 is 17.4 Å². The van der Waals surface area contributed by atoms with Gasteiger partial charge in [-0.3, -0.25) is 5.21 Å². The van der Waals surface area contributed by atoms with Crippen molar-refractivity contribution in [2.45, 2.75) is 13.0 Å². The van der Waals surface area contributed by atoms with E-state index in [0.29, 0.717) is 20.8 Å². The van der Waals surface area contributed by atoms with Crippen LogP contribution in [0.3, 0.4) is 0 Å². The number of thiophene rings is 1. The van der Waals surface area contributed by atoms with E-state index in [-0.39, 0.29) is 5.82 Å². The Morgan fingerprint density at radius 1 is 1.36 bits per heavy atom. The van der Waals surface area contributed by atoms with Crippen LogP contribution in [-0.2, 0) is 0 Å². The molecule has 1 unspecified atom stereocenters. The Morgan fingerprint density at radius 2 is 2.05 bits per heavy atom. The molecule has 1 heterocycles. The van der Waals surface area contributed by atoms with Gasteiger partial charge in [-0.15, -0.1) is 0 Å². The van der Waals surface area contributed by atoms with Gasteiger partial charge >= 0.3 is 6.03 Å². The Hall–Kier alpha value is -2.56. The largest absolute Gasteiger partial charge is 0.447 e. The molecule has 0 radical (unpaired) electrons. The van der Waals surface area contributed by atoms with E-state index in [1.807, 2.05) is 0 Å². The second-order valence-electron chi connectivity index (χ2n) is 4.30. The zero-order valence-corrected chi connectivity index (χ0v) is 12.4. The maximum Gasteiger partial charge on any atom is 0.339 e. The number of nitrogens with two attached hydrogens (primary N) is 1. The molecule has 0 spiro atoms. The van der Waals surface area contributed by atoms with Crippen LogP contribution in [0.4, 0.5) is 9.18 Å². The second-order valence-corrected chi connectivity index (χ2v) is 5.35. The molecular weight excluding hydrogens is 307 g/mol. The standard InChI is InChI=1S/C15H13FN2O3S/c1-10(18(20)15(17)19)2-7-13-8-9-14(22-13)21-12-5-3-11(16)4-6-12/h3-6,8-10,20H,1H3,(H2,17,19). The van der Waals surface area contributed by atoms with Gasteiger partial charge in [-0.1, -0.05) is 23.2 Å². The topological polar surface area (TPSA) is 75.8 Å². The molecule has 0 aliphatic carbocycles. The van der Waals surface area contributed by atoms with Crippen molar-refractivity contribution in [3.8, 4) is 22.7 Å². The first-order valence-corrected chi connectivity index (χ1v) is 7.09. The molecule has 5 nitrogen and oxygen atoms in total. The molecule has 1 aromatic carbocycles. The minimum absolute atomic E-state index is 0.331. The number of carbonyl (C=O) groups excluding carboxylic acids is 1. The first kappa shape index (κ1) is 15.8. The van der Waals surface area contributed by atoms with Crippen molar-refractivity contribution < 1.29 is 19.1 Å². The van der Waals surface area contributed by atoms with Gasteiger partial charge in [-0.25, -0.2) is 9.18 Å². The molecular formula is C15H13FN2O3S. The van der Waals surface area contributed by atoms with Crippen LogP contribution in [0.25, 0.3) is 0 Å².